The SMILES string of the molecule is CC(=O)Nc1nc(-c2ccc(NC(=O)c3ccccc3)cc2)cs1. The zero-order valence-electron chi connectivity index (χ0n) is 12.9. The van der Waals surface area contributed by atoms with E-state index in [1.165, 1.54) is 18.3 Å². The Morgan fingerprint density at radius 1 is 0.958 bits per heavy atom. The topological polar surface area (TPSA) is 71.1 Å². The molecule has 120 valence electrons. The first-order valence-corrected chi connectivity index (χ1v) is 8.20. The number of carbonyl (C=O) groups is 2. The van der Waals surface area contributed by atoms with Gasteiger partial charge in [0.25, 0.3) is 5.91 Å². The van der Waals surface area contributed by atoms with Gasteiger partial charge in [-0.05, 0) is 24.3 Å². The van der Waals surface area contributed by atoms with Crippen LogP contribution >= 0.6 is 11.3 Å². The van der Waals surface area contributed by atoms with E-state index >= 15 is 0 Å². The zero-order chi connectivity index (χ0) is 16.9. The van der Waals surface area contributed by atoms with Gasteiger partial charge in [-0.2, -0.15) is 0 Å². The van der Waals surface area contributed by atoms with Crippen molar-refractivity contribution in [2.75, 3.05) is 10.6 Å². The van der Waals surface area contributed by atoms with Crippen molar-refractivity contribution in [3.63, 3.8) is 0 Å². The van der Waals surface area contributed by atoms with Crippen LogP contribution in [-0.2, 0) is 4.79 Å². The molecule has 0 unspecified atom stereocenters. The van der Waals surface area contributed by atoms with Crippen molar-refractivity contribution < 1.29 is 9.59 Å². The van der Waals surface area contributed by atoms with Crippen LogP contribution in [0.2, 0.25) is 0 Å². The molecule has 1 aromatic heterocycles. The van der Waals surface area contributed by atoms with E-state index in [0.29, 0.717) is 16.4 Å². The monoisotopic (exact) mass is 337 g/mol. The summed E-state index contributed by atoms with van der Waals surface area (Å²) < 4.78 is 0. The molecule has 0 saturated carbocycles. The smallest absolute Gasteiger partial charge is 0.255 e. The normalized spacial score (nSPS) is 10.2. The van der Waals surface area contributed by atoms with Gasteiger partial charge in [0.1, 0.15) is 0 Å². The van der Waals surface area contributed by atoms with Crippen molar-refractivity contribution in [3.8, 4) is 11.3 Å². The maximum atomic E-state index is 12.1. The van der Waals surface area contributed by atoms with Crippen molar-refractivity contribution in [1.29, 1.82) is 0 Å². The lowest BCUT2D eigenvalue weighted by molar-refractivity contribution is -0.114. The molecule has 0 radical (unpaired) electrons. The van der Waals surface area contributed by atoms with E-state index < -0.39 is 0 Å². The maximum absolute atomic E-state index is 12.1. The van der Waals surface area contributed by atoms with Gasteiger partial charge in [0.2, 0.25) is 5.91 Å². The highest BCUT2D eigenvalue weighted by atomic mass is 32.1. The molecular formula is C18H15N3O2S. The molecule has 0 spiro atoms. The van der Waals surface area contributed by atoms with Crippen LogP contribution in [0.1, 0.15) is 17.3 Å². The van der Waals surface area contributed by atoms with E-state index in [2.05, 4.69) is 15.6 Å². The summed E-state index contributed by atoms with van der Waals surface area (Å²) in [7, 11) is 0. The maximum Gasteiger partial charge on any atom is 0.255 e. The van der Waals surface area contributed by atoms with E-state index in [1.54, 1.807) is 12.1 Å². The summed E-state index contributed by atoms with van der Waals surface area (Å²) in [4.78, 5) is 27.5. The van der Waals surface area contributed by atoms with Gasteiger partial charge in [-0.3, -0.25) is 9.59 Å². The van der Waals surface area contributed by atoms with Crippen LogP contribution in [0.15, 0.2) is 60.0 Å². The Bertz CT molecular complexity index is 857. The highest BCUT2D eigenvalue weighted by Gasteiger charge is 2.08. The van der Waals surface area contributed by atoms with Gasteiger partial charge in [0, 0.05) is 29.1 Å². The summed E-state index contributed by atoms with van der Waals surface area (Å²) in [6.45, 7) is 1.45. The second-order valence-corrected chi connectivity index (χ2v) is 5.97. The Kier molecular flexibility index (Phi) is 4.67. The van der Waals surface area contributed by atoms with Gasteiger partial charge in [0.05, 0.1) is 5.69 Å². The van der Waals surface area contributed by atoms with Gasteiger partial charge in [-0.25, -0.2) is 4.98 Å². The first-order chi connectivity index (χ1) is 11.6. The second-order valence-electron chi connectivity index (χ2n) is 5.12. The molecule has 0 bridgehead atoms. The van der Waals surface area contributed by atoms with Gasteiger partial charge >= 0.3 is 0 Å². The minimum absolute atomic E-state index is 0.144. The summed E-state index contributed by atoms with van der Waals surface area (Å²) in [5.41, 5.74) is 3.02. The van der Waals surface area contributed by atoms with Crippen molar-refractivity contribution in [2.24, 2.45) is 0 Å². The Labute approximate surface area is 143 Å². The summed E-state index contributed by atoms with van der Waals surface area (Å²) in [5.74, 6) is -0.292. The summed E-state index contributed by atoms with van der Waals surface area (Å²) in [6.07, 6.45) is 0. The number of benzene rings is 2. The summed E-state index contributed by atoms with van der Waals surface area (Å²) >= 11 is 1.37. The van der Waals surface area contributed by atoms with Crippen LogP contribution in [0.25, 0.3) is 11.3 Å². The third-order valence-corrected chi connectivity index (χ3v) is 4.02. The fourth-order valence-corrected chi connectivity index (χ4v) is 2.90. The van der Waals surface area contributed by atoms with Crippen molar-refractivity contribution in [3.05, 3.63) is 65.5 Å². The average Bonchev–Trinajstić information content (AvgIpc) is 3.04. The van der Waals surface area contributed by atoms with Gasteiger partial charge in [-0.1, -0.05) is 30.3 Å². The molecule has 5 nitrogen and oxygen atoms in total. The number of rotatable bonds is 4. The Hall–Kier alpha value is -2.99. The van der Waals surface area contributed by atoms with Crippen LogP contribution in [0, 0.1) is 0 Å². The lowest BCUT2D eigenvalue weighted by Gasteiger charge is -2.06. The average molecular weight is 337 g/mol. The van der Waals surface area contributed by atoms with Crippen LogP contribution in [0.5, 0.6) is 0 Å². The molecule has 0 fully saturated rings. The van der Waals surface area contributed by atoms with Gasteiger partial charge < -0.3 is 10.6 Å². The predicted octanol–water partition coefficient (Wildman–Crippen LogP) is 4.02. The molecule has 0 atom stereocenters. The largest absolute Gasteiger partial charge is 0.322 e. The Morgan fingerprint density at radius 3 is 2.33 bits per heavy atom. The number of nitrogens with zero attached hydrogens (tertiary/aromatic N) is 1. The molecule has 0 saturated heterocycles. The molecule has 24 heavy (non-hydrogen) atoms. The summed E-state index contributed by atoms with van der Waals surface area (Å²) in [6, 6.07) is 16.5. The molecule has 1 heterocycles. The second kappa shape index (κ2) is 7.06. The van der Waals surface area contributed by atoms with E-state index in [-0.39, 0.29) is 11.8 Å². The Balaban J connectivity index is 1.70. The number of hydrogen-bond acceptors (Lipinski definition) is 4. The number of hydrogen-bond donors (Lipinski definition) is 2. The van der Waals surface area contributed by atoms with Crippen molar-refractivity contribution >= 4 is 34.0 Å². The van der Waals surface area contributed by atoms with Gasteiger partial charge in [-0.15, -0.1) is 11.3 Å². The molecule has 2 aromatic carbocycles. The van der Waals surface area contributed by atoms with Crippen LogP contribution in [0.4, 0.5) is 10.8 Å². The molecule has 2 amide bonds. The molecule has 0 aliphatic heterocycles. The Morgan fingerprint density at radius 2 is 1.67 bits per heavy atom. The van der Waals surface area contributed by atoms with Crippen LogP contribution in [-0.4, -0.2) is 16.8 Å². The highest BCUT2D eigenvalue weighted by molar-refractivity contribution is 7.14. The standard InChI is InChI=1S/C18H15N3O2S/c1-12(22)19-18-21-16(11-24-18)13-7-9-15(10-8-13)20-17(23)14-5-3-2-4-6-14/h2-11H,1H3,(H,20,23)(H,19,21,22). The number of carbonyl (C=O) groups excluding carboxylic acids is 2. The quantitative estimate of drug-likeness (QED) is 0.755. The minimum atomic E-state index is -0.148. The van der Waals surface area contributed by atoms with Crippen molar-refractivity contribution in [1.82, 2.24) is 4.98 Å². The lowest BCUT2D eigenvalue weighted by atomic mass is 10.1. The predicted molar refractivity (Wildman–Crippen MR) is 96.2 cm³/mol. The van der Waals surface area contributed by atoms with Crippen LogP contribution in [0.3, 0.4) is 0 Å². The lowest BCUT2D eigenvalue weighted by Crippen LogP contribution is -2.11. The summed E-state index contributed by atoms with van der Waals surface area (Å²) in [5, 5.41) is 7.96. The van der Waals surface area contributed by atoms with E-state index in [0.717, 1.165) is 11.3 Å². The molecule has 3 rings (SSSR count). The highest BCUT2D eigenvalue weighted by Crippen LogP contribution is 2.26. The molecule has 0 aliphatic carbocycles. The zero-order valence-corrected chi connectivity index (χ0v) is 13.8. The van der Waals surface area contributed by atoms with E-state index in [1.807, 2.05) is 47.8 Å². The van der Waals surface area contributed by atoms with Gasteiger partial charge in [0.15, 0.2) is 5.13 Å². The third-order valence-electron chi connectivity index (χ3n) is 3.26. The molecule has 3 aromatic rings. The van der Waals surface area contributed by atoms with Crippen LogP contribution < -0.4 is 10.6 Å². The first-order valence-electron chi connectivity index (χ1n) is 7.32. The first kappa shape index (κ1) is 15.9. The fraction of sp³-hybridized carbons (Fsp3) is 0.0556. The number of aromatic nitrogens is 1. The molecule has 0 aliphatic rings. The number of nitrogens with one attached hydrogen (secondary N) is 2. The number of amides is 2. The number of thiazole rings is 1. The van der Waals surface area contributed by atoms with Crippen molar-refractivity contribution in [2.45, 2.75) is 6.92 Å². The van der Waals surface area contributed by atoms with E-state index in [9.17, 15) is 9.59 Å². The van der Waals surface area contributed by atoms with E-state index in [4.69, 9.17) is 0 Å². The molecule has 2 N–H and O–H groups in total. The molecule has 6 heteroatoms. The third kappa shape index (κ3) is 3.85. The molecular weight excluding hydrogens is 322 g/mol. The fourth-order valence-electron chi connectivity index (χ4n) is 2.13. The minimum Gasteiger partial charge on any atom is -0.322 e. The number of anilines is 2.